The van der Waals surface area contributed by atoms with Gasteiger partial charge in [-0.05, 0) is 28.2 Å². The van der Waals surface area contributed by atoms with Crippen LogP contribution in [0.1, 0.15) is 96.6 Å². The van der Waals surface area contributed by atoms with Crippen molar-refractivity contribution in [3.8, 4) is 0 Å². The average molecular weight is 655 g/mol. The van der Waals surface area contributed by atoms with Crippen molar-refractivity contribution in [3.05, 3.63) is 143 Å². The fraction of sp³-hybridized carbons (Fsp3) is 0.302. The van der Waals surface area contributed by atoms with Crippen molar-refractivity contribution < 1.29 is 24.2 Å². The van der Waals surface area contributed by atoms with E-state index in [1.165, 1.54) is 87.9 Å². The Hall–Kier alpha value is -3.02. The van der Waals surface area contributed by atoms with Crippen LogP contribution in [0, 0.1) is 5.41 Å². The van der Waals surface area contributed by atoms with Crippen LogP contribution in [-0.4, -0.2) is 3.21 Å². The molecule has 5 aromatic rings. The van der Waals surface area contributed by atoms with E-state index in [2.05, 4.69) is 172 Å². The van der Waals surface area contributed by atoms with Crippen LogP contribution in [-0.2, 0) is 35.1 Å². The van der Waals surface area contributed by atoms with Crippen LogP contribution in [0.25, 0.3) is 27.1 Å². The second-order valence-electron chi connectivity index (χ2n) is 15.3. The van der Waals surface area contributed by atoms with Crippen LogP contribution in [0.15, 0.2) is 115 Å². The van der Waals surface area contributed by atoms with Crippen LogP contribution in [0.4, 0.5) is 0 Å². The first-order valence-corrected chi connectivity index (χ1v) is 17.1. The molecular formula is C43H47Zr-. The zero-order valence-corrected chi connectivity index (χ0v) is 30.6. The maximum atomic E-state index is 2.46. The van der Waals surface area contributed by atoms with Crippen LogP contribution < -0.4 is 0 Å². The first-order valence-electron chi connectivity index (χ1n) is 15.9. The van der Waals surface area contributed by atoms with Gasteiger partial charge in [0, 0.05) is 0 Å². The van der Waals surface area contributed by atoms with Crippen molar-refractivity contribution >= 4 is 30.3 Å². The number of allylic oxidation sites excluding steroid dienone is 4. The van der Waals surface area contributed by atoms with Crippen molar-refractivity contribution in [2.45, 2.75) is 79.6 Å². The summed E-state index contributed by atoms with van der Waals surface area (Å²) in [4.78, 5) is 0. The van der Waals surface area contributed by atoms with Crippen molar-refractivity contribution in [1.29, 1.82) is 0 Å². The number of rotatable bonds is 3. The molecule has 0 aromatic heterocycles. The molecule has 0 N–H and O–H groups in total. The number of fused-ring (bicyclic) bond motifs is 3. The predicted molar refractivity (Wildman–Crippen MR) is 191 cm³/mol. The first kappa shape index (κ1) is 32.4. The van der Waals surface area contributed by atoms with Gasteiger partial charge in [0.15, 0.2) is 0 Å². The fourth-order valence-electron chi connectivity index (χ4n) is 5.88. The summed E-state index contributed by atoms with van der Waals surface area (Å²) in [7, 11) is 0. The van der Waals surface area contributed by atoms with E-state index in [9.17, 15) is 0 Å². The Morgan fingerprint density at radius 3 is 1.66 bits per heavy atom. The SMILES string of the molecule is CC(C)(C)C1=CCC(c2cc(C(C)(C)C)cc3c2[cH-]c2ccc(C(C)(C)C)cc23)=C1.[Zr]=[C](c1ccccc1)c1ccccc1. The normalized spacial score (nSPS) is 13.8. The molecule has 0 atom stereocenters. The zero-order chi connectivity index (χ0) is 31.9. The van der Waals surface area contributed by atoms with Crippen molar-refractivity contribution in [2.24, 2.45) is 5.41 Å². The van der Waals surface area contributed by atoms with Crippen LogP contribution in [0.3, 0.4) is 0 Å². The zero-order valence-electron chi connectivity index (χ0n) is 28.1. The minimum absolute atomic E-state index is 0.119. The van der Waals surface area contributed by atoms with Gasteiger partial charge in [-0.15, -0.1) is 33.7 Å². The molecule has 0 fully saturated rings. The molecule has 0 amide bonds. The van der Waals surface area contributed by atoms with Crippen molar-refractivity contribution in [1.82, 2.24) is 0 Å². The van der Waals surface area contributed by atoms with Gasteiger partial charge in [-0.2, -0.15) is 0 Å². The Kier molecular flexibility index (Phi) is 9.13. The van der Waals surface area contributed by atoms with E-state index in [0.29, 0.717) is 0 Å². The minimum atomic E-state index is 0.119. The monoisotopic (exact) mass is 653 g/mol. The van der Waals surface area contributed by atoms with E-state index in [1.54, 1.807) is 0 Å². The fourth-order valence-corrected chi connectivity index (χ4v) is 6.70. The van der Waals surface area contributed by atoms with Gasteiger partial charge in [-0.1, -0.05) is 121 Å². The third kappa shape index (κ3) is 7.10. The van der Waals surface area contributed by atoms with E-state index < -0.39 is 0 Å². The Bertz CT molecular complexity index is 1810. The second kappa shape index (κ2) is 12.4. The van der Waals surface area contributed by atoms with Gasteiger partial charge in [-0.25, -0.2) is 0 Å². The van der Waals surface area contributed by atoms with E-state index in [1.807, 2.05) is 0 Å². The molecule has 0 radical (unpaired) electrons. The summed E-state index contributed by atoms with van der Waals surface area (Å²) in [5.74, 6) is 0. The molecule has 0 aliphatic heterocycles. The Labute approximate surface area is 280 Å². The van der Waals surface area contributed by atoms with Gasteiger partial charge >= 0.3 is 99.2 Å². The molecule has 0 saturated carbocycles. The molecule has 1 heteroatoms. The van der Waals surface area contributed by atoms with E-state index in [0.717, 1.165) is 6.42 Å². The van der Waals surface area contributed by atoms with E-state index in [-0.39, 0.29) is 16.2 Å². The first-order chi connectivity index (χ1) is 20.6. The van der Waals surface area contributed by atoms with E-state index in [4.69, 9.17) is 0 Å². The summed E-state index contributed by atoms with van der Waals surface area (Å²) in [6, 6.07) is 35.5. The number of hydrogen-bond donors (Lipinski definition) is 0. The summed E-state index contributed by atoms with van der Waals surface area (Å²) < 4.78 is 1.42. The van der Waals surface area contributed by atoms with Crippen LogP contribution in [0.5, 0.6) is 0 Å². The molecule has 6 rings (SSSR count). The molecule has 5 aromatic carbocycles. The van der Waals surface area contributed by atoms with Crippen molar-refractivity contribution in [2.75, 3.05) is 0 Å². The standard InChI is InChI=1S/C30H37.C13H10.Zr/c1-28(2,3)21-12-10-19(14-21)25-17-23(30(7,8)9)18-27-24-16-22(29(4,5)6)13-11-20(24)15-26(25)27;1-3-7-12(8-4-1)11-13-9-5-2-6-10-13;/h11-18H,10H2,1-9H3;1-10H;/q-1;;. The molecular weight excluding hydrogens is 608 g/mol. The van der Waals surface area contributed by atoms with Gasteiger partial charge in [0.05, 0.1) is 0 Å². The quantitative estimate of drug-likeness (QED) is 0.170. The van der Waals surface area contributed by atoms with Gasteiger partial charge < -0.3 is 0 Å². The Balaban J connectivity index is 0.000000229. The number of benzene rings is 4. The topological polar surface area (TPSA) is 0 Å². The summed E-state index contributed by atoms with van der Waals surface area (Å²) >= 11 is 1.46. The Morgan fingerprint density at radius 2 is 1.16 bits per heavy atom. The van der Waals surface area contributed by atoms with E-state index >= 15 is 0 Å². The molecule has 0 spiro atoms. The summed E-state index contributed by atoms with van der Waals surface area (Å²) in [5.41, 5.74) is 10.3. The molecule has 0 saturated heterocycles. The van der Waals surface area contributed by atoms with Crippen molar-refractivity contribution in [3.63, 3.8) is 0 Å². The molecule has 0 bridgehead atoms. The Morgan fingerprint density at radius 1 is 0.614 bits per heavy atom. The number of hydrogen-bond acceptors (Lipinski definition) is 0. The summed E-state index contributed by atoms with van der Waals surface area (Å²) in [6.45, 7) is 20.8. The van der Waals surface area contributed by atoms with Gasteiger partial charge in [0.25, 0.3) is 0 Å². The molecule has 0 heterocycles. The van der Waals surface area contributed by atoms with Crippen LogP contribution >= 0.6 is 0 Å². The molecule has 1 aliphatic rings. The maximum absolute atomic E-state index is 2.46. The molecule has 1 aliphatic carbocycles. The van der Waals surface area contributed by atoms with Gasteiger partial charge in [0.1, 0.15) is 0 Å². The molecule has 44 heavy (non-hydrogen) atoms. The molecule has 0 nitrogen and oxygen atoms in total. The predicted octanol–water partition coefficient (Wildman–Crippen LogP) is 11.9. The molecule has 0 unspecified atom stereocenters. The molecule has 224 valence electrons. The van der Waals surface area contributed by atoms with Gasteiger partial charge in [-0.3, -0.25) is 0 Å². The third-order valence-corrected chi connectivity index (χ3v) is 10.2. The van der Waals surface area contributed by atoms with Gasteiger partial charge in [0.2, 0.25) is 0 Å². The summed E-state index contributed by atoms with van der Waals surface area (Å²) in [6.07, 6.45) is 5.90. The third-order valence-electron chi connectivity index (χ3n) is 8.76. The van der Waals surface area contributed by atoms with Crippen LogP contribution in [0.2, 0.25) is 0 Å². The second-order valence-corrected chi connectivity index (χ2v) is 16.6. The average Bonchev–Trinajstić information content (AvgIpc) is 3.62. The summed E-state index contributed by atoms with van der Waals surface area (Å²) in [5, 5.41) is 5.56.